The lowest BCUT2D eigenvalue weighted by Crippen LogP contribution is -2.30. The first-order valence-electron chi connectivity index (χ1n) is 6.97. The molecule has 2 unspecified atom stereocenters. The van der Waals surface area contributed by atoms with E-state index in [4.69, 9.17) is 20.0 Å². The van der Waals surface area contributed by atoms with Gasteiger partial charge in [0.2, 0.25) is 0 Å². The number of esters is 2. The van der Waals surface area contributed by atoms with Gasteiger partial charge in [-0.1, -0.05) is 19.6 Å². The van der Waals surface area contributed by atoms with Gasteiger partial charge in [0.15, 0.2) is 0 Å². The average Bonchev–Trinajstić information content (AvgIpc) is 2.56. The normalized spacial score (nSPS) is 20.1. The monoisotopic (exact) mass is 302 g/mol. The Balaban J connectivity index is 2.47. The lowest BCUT2D eigenvalue weighted by Gasteiger charge is -2.26. The van der Waals surface area contributed by atoms with Gasteiger partial charge in [-0.3, -0.25) is 9.59 Å². The molecule has 0 aromatic heterocycles. The van der Waals surface area contributed by atoms with Gasteiger partial charge in [-0.15, -0.1) is 0 Å². The SMILES string of the molecule is C=C(C#N)COC(=O)C1CCCC(C(=O)OCC(=C)C#N)C1. The molecule has 6 nitrogen and oxygen atoms in total. The molecule has 0 N–H and O–H groups in total. The van der Waals surface area contributed by atoms with Crippen molar-refractivity contribution in [2.75, 3.05) is 13.2 Å². The molecular formula is C16H18N2O4. The topological polar surface area (TPSA) is 100 Å². The summed E-state index contributed by atoms with van der Waals surface area (Å²) in [6, 6.07) is 3.61. The molecule has 0 bridgehead atoms. The van der Waals surface area contributed by atoms with Crippen molar-refractivity contribution in [2.45, 2.75) is 25.7 Å². The van der Waals surface area contributed by atoms with E-state index in [9.17, 15) is 9.59 Å². The Morgan fingerprint density at radius 1 is 0.955 bits per heavy atom. The summed E-state index contributed by atoms with van der Waals surface area (Å²) in [4.78, 5) is 23.8. The van der Waals surface area contributed by atoms with Crippen LogP contribution in [0.5, 0.6) is 0 Å². The molecule has 116 valence electrons. The minimum absolute atomic E-state index is 0.122. The lowest BCUT2D eigenvalue weighted by molar-refractivity contribution is -0.153. The lowest BCUT2D eigenvalue weighted by atomic mass is 9.81. The fourth-order valence-corrected chi connectivity index (χ4v) is 2.23. The zero-order valence-electron chi connectivity index (χ0n) is 12.3. The maximum atomic E-state index is 11.9. The van der Waals surface area contributed by atoms with E-state index in [2.05, 4.69) is 13.2 Å². The number of carbonyl (C=O) groups excluding carboxylic acids is 2. The zero-order valence-corrected chi connectivity index (χ0v) is 12.3. The highest BCUT2D eigenvalue weighted by Gasteiger charge is 2.33. The molecule has 0 heterocycles. The van der Waals surface area contributed by atoms with Crippen LogP contribution in [0.2, 0.25) is 0 Å². The van der Waals surface area contributed by atoms with Crippen molar-refractivity contribution in [3.8, 4) is 12.1 Å². The Kier molecular flexibility index (Phi) is 6.85. The number of hydrogen-bond acceptors (Lipinski definition) is 6. The van der Waals surface area contributed by atoms with Gasteiger partial charge in [-0.25, -0.2) is 0 Å². The average molecular weight is 302 g/mol. The van der Waals surface area contributed by atoms with Crippen LogP contribution in [0.1, 0.15) is 25.7 Å². The largest absolute Gasteiger partial charge is 0.460 e. The molecule has 0 amide bonds. The molecule has 0 spiro atoms. The molecule has 1 rings (SSSR count). The zero-order chi connectivity index (χ0) is 16.5. The molecule has 1 aliphatic rings. The first-order valence-corrected chi connectivity index (χ1v) is 6.97. The van der Waals surface area contributed by atoms with E-state index >= 15 is 0 Å². The van der Waals surface area contributed by atoms with Gasteiger partial charge in [-0.05, 0) is 19.3 Å². The molecule has 2 atom stereocenters. The summed E-state index contributed by atoms with van der Waals surface area (Å²) in [7, 11) is 0. The summed E-state index contributed by atoms with van der Waals surface area (Å²) in [5, 5.41) is 17.1. The predicted octanol–water partition coefficient (Wildman–Crippen LogP) is 2.04. The summed E-state index contributed by atoms with van der Waals surface area (Å²) in [6.45, 7) is 6.63. The summed E-state index contributed by atoms with van der Waals surface area (Å²) in [6.07, 6.45) is 2.37. The van der Waals surface area contributed by atoms with Crippen LogP contribution < -0.4 is 0 Å². The quantitative estimate of drug-likeness (QED) is 0.549. The van der Waals surface area contributed by atoms with Gasteiger partial charge in [0.1, 0.15) is 13.2 Å². The second kappa shape index (κ2) is 8.63. The molecule has 0 aromatic carbocycles. The Bertz CT molecular complexity index is 505. The second-order valence-corrected chi connectivity index (χ2v) is 5.21. The number of ether oxygens (including phenoxy) is 2. The Labute approximate surface area is 129 Å². The first kappa shape index (κ1) is 17.5. The molecule has 0 aromatic rings. The number of carbonyl (C=O) groups is 2. The molecule has 0 saturated heterocycles. The van der Waals surface area contributed by atoms with E-state index < -0.39 is 11.9 Å². The number of rotatable bonds is 6. The summed E-state index contributed by atoms with van der Waals surface area (Å²) in [5.41, 5.74) is 0.352. The standard InChI is InChI=1S/C16H18N2O4/c1-11(7-17)9-21-15(19)13-4-3-5-14(6-13)16(20)22-10-12(2)8-18/h13-14H,1-6,9-10H2. The van der Waals surface area contributed by atoms with Gasteiger partial charge in [0.25, 0.3) is 0 Å². The summed E-state index contributed by atoms with van der Waals surface area (Å²) >= 11 is 0. The Hall–Kier alpha value is -2.60. The van der Waals surface area contributed by atoms with Crippen LogP contribution in [0.4, 0.5) is 0 Å². The fourth-order valence-electron chi connectivity index (χ4n) is 2.23. The molecule has 22 heavy (non-hydrogen) atoms. The maximum absolute atomic E-state index is 11.9. The van der Waals surface area contributed by atoms with Gasteiger partial charge in [-0.2, -0.15) is 10.5 Å². The molecule has 1 saturated carbocycles. The molecular weight excluding hydrogens is 284 g/mol. The van der Waals surface area contributed by atoms with Crippen molar-refractivity contribution in [3.63, 3.8) is 0 Å². The fraction of sp³-hybridized carbons (Fsp3) is 0.500. The van der Waals surface area contributed by atoms with Crippen molar-refractivity contribution in [1.29, 1.82) is 10.5 Å². The van der Waals surface area contributed by atoms with Crippen LogP contribution in [0.3, 0.4) is 0 Å². The van der Waals surface area contributed by atoms with Gasteiger partial charge >= 0.3 is 11.9 Å². The van der Waals surface area contributed by atoms with Crippen LogP contribution >= 0.6 is 0 Å². The van der Waals surface area contributed by atoms with Gasteiger partial charge in [0.05, 0.1) is 35.1 Å². The minimum atomic E-state index is -0.421. The van der Waals surface area contributed by atoms with Gasteiger partial charge in [0, 0.05) is 0 Å². The highest BCUT2D eigenvalue weighted by Crippen LogP contribution is 2.31. The van der Waals surface area contributed by atoms with Crippen molar-refractivity contribution in [1.82, 2.24) is 0 Å². The number of nitriles is 2. The third-order valence-corrected chi connectivity index (χ3v) is 3.43. The molecule has 1 fully saturated rings. The van der Waals surface area contributed by atoms with E-state index in [-0.39, 0.29) is 36.2 Å². The van der Waals surface area contributed by atoms with Crippen LogP contribution in [0.15, 0.2) is 24.3 Å². The van der Waals surface area contributed by atoms with Crippen LogP contribution in [0, 0.1) is 34.5 Å². The van der Waals surface area contributed by atoms with Crippen LogP contribution in [-0.4, -0.2) is 25.2 Å². The first-order chi connectivity index (χ1) is 10.5. The third-order valence-electron chi connectivity index (χ3n) is 3.43. The van der Waals surface area contributed by atoms with E-state index in [1.165, 1.54) is 0 Å². The van der Waals surface area contributed by atoms with E-state index in [1.54, 1.807) is 12.1 Å². The van der Waals surface area contributed by atoms with Gasteiger partial charge < -0.3 is 9.47 Å². The second-order valence-electron chi connectivity index (χ2n) is 5.21. The maximum Gasteiger partial charge on any atom is 0.309 e. The van der Waals surface area contributed by atoms with Crippen molar-refractivity contribution < 1.29 is 19.1 Å². The molecule has 0 radical (unpaired) electrons. The van der Waals surface area contributed by atoms with Crippen molar-refractivity contribution in [3.05, 3.63) is 24.3 Å². The number of hydrogen-bond donors (Lipinski definition) is 0. The van der Waals surface area contributed by atoms with E-state index in [0.717, 1.165) is 6.42 Å². The Morgan fingerprint density at radius 3 is 1.73 bits per heavy atom. The highest BCUT2D eigenvalue weighted by atomic mass is 16.5. The predicted molar refractivity (Wildman–Crippen MR) is 76.9 cm³/mol. The summed E-state index contributed by atoms with van der Waals surface area (Å²) in [5.74, 6) is -1.60. The third kappa shape index (κ3) is 5.41. The molecule has 6 heteroatoms. The minimum Gasteiger partial charge on any atom is -0.460 e. The van der Waals surface area contributed by atoms with Crippen LogP contribution in [0.25, 0.3) is 0 Å². The smallest absolute Gasteiger partial charge is 0.309 e. The molecule has 0 aliphatic heterocycles. The van der Waals surface area contributed by atoms with Crippen molar-refractivity contribution in [2.24, 2.45) is 11.8 Å². The highest BCUT2D eigenvalue weighted by molar-refractivity contribution is 5.76. The summed E-state index contributed by atoms with van der Waals surface area (Å²) < 4.78 is 10.0. The van der Waals surface area contributed by atoms with Crippen LogP contribution in [-0.2, 0) is 19.1 Å². The van der Waals surface area contributed by atoms with Crippen molar-refractivity contribution >= 4 is 11.9 Å². The Morgan fingerprint density at radius 2 is 1.36 bits per heavy atom. The van der Waals surface area contributed by atoms with E-state index in [0.29, 0.717) is 19.3 Å². The van der Waals surface area contributed by atoms with E-state index in [1.807, 2.05) is 0 Å². The molecule has 1 aliphatic carbocycles. The number of nitrogens with zero attached hydrogens (tertiary/aromatic N) is 2.